The molecule has 0 spiro atoms. The molecule has 4 rings (SSSR count). The summed E-state index contributed by atoms with van der Waals surface area (Å²) in [5, 5.41) is 0.633. The molecule has 0 aliphatic carbocycles. The second kappa shape index (κ2) is 10.3. The molecular weight excluding hydrogens is 466 g/mol. The molecule has 0 aliphatic rings. The van der Waals surface area contributed by atoms with E-state index >= 15 is 0 Å². The molecule has 0 fully saturated rings. The molecule has 0 atom stereocenters. The number of hydrogen-bond acceptors (Lipinski definition) is 7. The van der Waals surface area contributed by atoms with Gasteiger partial charge in [-0.05, 0) is 29.8 Å². The van der Waals surface area contributed by atoms with Gasteiger partial charge in [0.25, 0.3) is 0 Å². The van der Waals surface area contributed by atoms with Crippen molar-refractivity contribution in [3.63, 3.8) is 0 Å². The highest BCUT2D eigenvalue weighted by atomic mass is 35.5. The highest BCUT2D eigenvalue weighted by molar-refractivity contribution is 6.30. The first-order valence-electron chi connectivity index (χ1n) is 11.3. The number of carbonyl (C=O) groups is 1. The smallest absolute Gasteiger partial charge is 0.195 e. The lowest BCUT2D eigenvalue weighted by atomic mass is 10.1. The van der Waals surface area contributed by atoms with Crippen molar-refractivity contribution in [2.24, 2.45) is 0 Å². The average Bonchev–Trinajstić information content (AvgIpc) is 3.22. The summed E-state index contributed by atoms with van der Waals surface area (Å²) in [4.78, 5) is 28.8. The molecule has 0 unspecified atom stereocenters. The third kappa shape index (κ3) is 5.07. The van der Waals surface area contributed by atoms with E-state index in [1.807, 2.05) is 65.9 Å². The van der Waals surface area contributed by atoms with Crippen molar-refractivity contribution >= 4 is 34.4 Å². The summed E-state index contributed by atoms with van der Waals surface area (Å²) in [6.45, 7) is 4.44. The van der Waals surface area contributed by atoms with Gasteiger partial charge in [-0.1, -0.05) is 30.7 Å². The highest BCUT2D eigenvalue weighted by Crippen LogP contribution is 2.30. The van der Waals surface area contributed by atoms with Crippen LogP contribution in [0.1, 0.15) is 41.4 Å². The van der Waals surface area contributed by atoms with E-state index in [9.17, 15) is 4.79 Å². The Balaban J connectivity index is 1.82. The standard InChI is InChI=1S/C26H28ClN5O3/c1-6-22-28-25(31(3)15-18-10-11-20(34-4)13-21(18)35-5)23-26(29-22)32(24(30-23)16(2)33)14-17-8-7-9-19(27)12-17/h7-13H,6,14-15H2,1-5H3. The lowest BCUT2D eigenvalue weighted by Crippen LogP contribution is -2.20. The van der Waals surface area contributed by atoms with Crippen LogP contribution in [0.4, 0.5) is 5.82 Å². The van der Waals surface area contributed by atoms with Gasteiger partial charge in [0.05, 0.1) is 20.8 Å². The van der Waals surface area contributed by atoms with Crippen molar-refractivity contribution < 1.29 is 14.3 Å². The van der Waals surface area contributed by atoms with Crippen LogP contribution in [-0.4, -0.2) is 46.6 Å². The molecule has 0 saturated heterocycles. The molecule has 2 aromatic heterocycles. The molecule has 35 heavy (non-hydrogen) atoms. The Kier molecular flexibility index (Phi) is 7.21. The monoisotopic (exact) mass is 493 g/mol. The number of methoxy groups -OCH3 is 2. The van der Waals surface area contributed by atoms with Crippen molar-refractivity contribution in [1.29, 1.82) is 0 Å². The second-order valence-electron chi connectivity index (χ2n) is 8.23. The summed E-state index contributed by atoms with van der Waals surface area (Å²) in [6, 6.07) is 13.3. The fraction of sp³-hybridized carbons (Fsp3) is 0.308. The van der Waals surface area contributed by atoms with Gasteiger partial charge in [0.15, 0.2) is 28.6 Å². The highest BCUT2D eigenvalue weighted by Gasteiger charge is 2.23. The first-order chi connectivity index (χ1) is 16.8. The summed E-state index contributed by atoms with van der Waals surface area (Å²) in [7, 11) is 5.19. The van der Waals surface area contributed by atoms with Crippen molar-refractivity contribution in [2.45, 2.75) is 33.4 Å². The Morgan fingerprint density at radius 1 is 1.09 bits per heavy atom. The zero-order valence-electron chi connectivity index (χ0n) is 20.5. The van der Waals surface area contributed by atoms with Gasteiger partial charge in [0, 0.05) is 43.6 Å². The lowest BCUT2D eigenvalue weighted by Gasteiger charge is -2.21. The number of carbonyl (C=O) groups excluding carboxylic acids is 1. The molecule has 9 heteroatoms. The Labute approximate surface area is 209 Å². The van der Waals surface area contributed by atoms with Crippen molar-refractivity contribution in [2.75, 3.05) is 26.2 Å². The number of anilines is 1. The van der Waals surface area contributed by atoms with Gasteiger partial charge in [-0.15, -0.1) is 0 Å². The molecule has 8 nitrogen and oxygen atoms in total. The van der Waals surface area contributed by atoms with Crippen LogP contribution < -0.4 is 14.4 Å². The summed E-state index contributed by atoms with van der Waals surface area (Å²) in [6.07, 6.45) is 0.639. The number of aromatic nitrogens is 4. The summed E-state index contributed by atoms with van der Waals surface area (Å²) in [5.41, 5.74) is 3.11. The van der Waals surface area contributed by atoms with Crippen LogP contribution in [0.2, 0.25) is 5.02 Å². The maximum Gasteiger partial charge on any atom is 0.195 e. The maximum atomic E-state index is 12.6. The Hall–Kier alpha value is -3.65. The minimum absolute atomic E-state index is 0.145. The largest absolute Gasteiger partial charge is 0.497 e. The zero-order valence-corrected chi connectivity index (χ0v) is 21.3. The Morgan fingerprint density at radius 2 is 1.89 bits per heavy atom. The number of benzene rings is 2. The van der Waals surface area contributed by atoms with E-state index in [1.54, 1.807) is 14.2 Å². The van der Waals surface area contributed by atoms with Gasteiger partial charge in [-0.3, -0.25) is 4.79 Å². The molecule has 0 radical (unpaired) electrons. The van der Waals surface area contributed by atoms with Crippen LogP contribution in [0.5, 0.6) is 11.5 Å². The van der Waals surface area contributed by atoms with Gasteiger partial charge < -0.3 is 18.9 Å². The molecule has 182 valence electrons. The predicted molar refractivity (Wildman–Crippen MR) is 137 cm³/mol. The van der Waals surface area contributed by atoms with Gasteiger partial charge in [0.1, 0.15) is 17.3 Å². The van der Waals surface area contributed by atoms with E-state index in [0.717, 1.165) is 16.9 Å². The van der Waals surface area contributed by atoms with Crippen LogP contribution in [0.25, 0.3) is 11.2 Å². The second-order valence-corrected chi connectivity index (χ2v) is 8.67. The first-order valence-corrected chi connectivity index (χ1v) is 11.7. The molecular formula is C26H28ClN5O3. The van der Waals surface area contributed by atoms with Crippen LogP contribution in [0.3, 0.4) is 0 Å². The lowest BCUT2D eigenvalue weighted by molar-refractivity contribution is 0.100. The van der Waals surface area contributed by atoms with E-state index < -0.39 is 0 Å². The zero-order chi connectivity index (χ0) is 25.1. The first kappa shape index (κ1) is 24.5. The summed E-state index contributed by atoms with van der Waals surface area (Å²) in [5.74, 6) is 2.94. The number of ketones is 1. The summed E-state index contributed by atoms with van der Waals surface area (Å²) >= 11 is 6.20. The molecule has 0 aliphatic heterocycles. The Bertz CT molecular complexity index is 1390. The minimum Gasteiger partial charge on any atom is -0.497 e. The molecule has 0 saturated carbocycles. The molecule has 4 aromatic rings. The number of ether oxygens (including phenoxy) is 2. The minimum atomic E-state index is -0.145. The number of halogens is 1. The number of Topliss-reactive ketones (excluding diaryl/α,β-unsaturated/α-hetero) is 1. The normalized spacial score (nSPS) is 11.0. The number of hydrogen-bond donors (Lipinski definition) is 0. The van der Waals surface area contributed by atoms with Gasteiger partial charge in [-0.2, -0.15) is 0 Å². The van der Waals surface area contributed by atoms with Crippen LogP contribution in [-0.2, 0) is 19.5 Å². The van der Waals surface area contributed by atoms with Gasteiger partial charge >= 0.3 is 0 Å². The number of fused-ring (bicyclic) bond motifs is 1. The number of rotatable bonds is 9. The average molecular weight is 494 g/mol. The van der Waals surface area contributed by atoms with E-state index in [4.69, 9.17) is 36.0 Å². The van der Waals surface area contributed by atoms with Crippen molar-refractivity contribution in [1.82, 2.24) is 19.5 Å². The number of nitrogens with zero attached hydrogens (tertiary/aromatic N) is 5. The predicted octanol–water partition coefficient (Wildman–Crippen LogP) is 4.95. The fourth-order valence-electron chi connectivity index (χ4n) is 4.00. The van der Waals surface area contributed by atoms with E-state index in [0.29, 0.717) is 58.9 Å². The van der Waals surface area contributed by atoms with Crippen LogP contribution in [0.15, 0.2) is 42.5 Å². The quantitative estimate of drug-likeness (QED) is 0.305. The SMILES string of the molecule is CCc1nc(N(C)Cc2ccc(OC)cc2OC)c2nc(C(C)=O)n(Cc3cccc(Cl)c3)c2n1. The van der Waals surface area contributed by atoms with Crippen LogP contribution >= 0.6 is 11.6 Å². The van der Waals surface area contributed by atoms with E-state index in [-0.39, 0.29) is 5.78 Å². The fourth-order valence-corrected chi connectivity index (χ4v) is 4.22. The van der Waals surface area contributed by atoms with Gasteiger partial charge in [-0.25, -0.2) is 15.0 Å². The van der Waals surface area contributed by atoms with Crippen molar-refractivity contribution in [3.8, 4) is 11.5 Å². The maximum absolute atomic E-state index is 12.6. The van der Waals surface area contributed by atoms with E-state index in [1.165, 1.54) is 6.92 Å². The van der Waals surface area contributed by atoms with Gasteiger partial charge in [0.2, 0.25) is 0 Å². The molecule has 0 amide bonds. The van der Waals surface area contributed by atoms with Crippen molar-refractivity contribution in [3.05, 3.63) is 70.3 Å². The van der Waals surface area contributed by atoms with E-state index in [2.05, 4.69) is 0 Å². The molecule has 0 N–H and O–H groups in total. The molecule has 0 bridgehead atoms. The molecule has 2 aromatic carbocycles. The third-order valence-corrected chi connectivity index (χ3v) is 5.98. The number of imidazole rings is 1. The number of aryl methyl sites for hydroxylation is 1. The Morgan fingerprint density at radius 3 is 2.54 bits per heavy atom. The third-order valence-electron chi connectivity index (χ3n) is 5.75. The molecule has 2 heterocycles. The summed E-state index contributed by atoms with van der Waals surface area (Å²) < 4.78 is 12.7. The van der Waals surface area contributed by atoms with Crippen LogP contribution in [0, 0.1) is 0 Å². The topological polar surface area (TPSA) is 82.4 Å².